The molecule has 15 unspecified atom stereocenters. The van der Waals surface area contributed by atoms with Crippen molar-refractivity contribution >= 4 is 12.0 Å². The van der Waals surface area contributed by atoms with Crippen LogP contribution in [0.1, 0.15) is 18.1 Å². The van der Waals surface area contributed by atoms with E-state index in [-0.39, 0.29) is 18.6 Å². The van der Waals surface area contributed by atoms with Gasteiger partial charge in [0.05, 0.1) is 40.1 Å². The molecule has 15 atom stereocenters. The molecule has 20 heteroatoms. The van der Waals surface area contributed by atoms with Crippen molar-refractivity contribution in [2.75, 3.05) is 34.0 Å². The van der Waals surface area contributed by atoms with Crippen LogP contribution in [-0.4, -0.2) is 183 Å². The highest BCUT2D eigenvalue weighted by Crippen LogP contribution is 2.34. The molecule has 0 aromatic heterocycles. The number of esters is 1. The minimum absolute atomic E-state index is 0.0820. The van der Waals surface area contributed by atoms with E-state index in [0.717, 1.165) is 11.6 Å². The van der Waals surface area contributed by atoms with Gasteiger partial charge in [0.2, 0.25) is 0 Å². The number of methoxy groups -OCH3 is 2. The Balaban J connectivity index is 1.44. The number of hydrogen-bond acceptors (Lipinski definition) is 20. The topological polar surface area (TPSA) is 302 Å². The summed E-state index contributed by atoms with van der Waals surface area (Å²) in [4.78, 5) is 13.4. The Labute approximate surface area is 326 Å². The third kappa shape index (κ3) is 10.5. The van der Waals surface area contributed by atoms with E-state index in [4.69, 9.17) is 42.6 Å². The molecule has 0 saturated carbocycles. The fourth-order valence-corrected chi connectivity index (χ4v) is 6.45. The normalized spacial score (nSPS) is 35.9. The number of aromatic hydroxyl groups is 2. The van der Waals surface area contributed by atoms with Gasteiger partial charge in [0, 0.05) is 6.08 Å². The Morgan fingerprint density at radius 1 is 0.702 bits per heavy atom. The molecule has 0 aliphatic carbocycles. The fraction of sp³-hybridized carbons (Fsp3) is 0.595. The highest BCUT2D eigenvalue weighted by molar-refractivity contribution is 5.87. The molecule has 3 aliphatic rings. The van der Waals surface area contributed by atoms with Gasteiger partial charge in [0.1, 0.15) is 61.0 Å². The zero-order valence-electron chi connectivity index (χ0n) is 31.2. The number of benzene rings is 2. The summed E-state index contributed by atoms with van der Waals surface area (Å²) in [5.41, 5.74) is 1.02. The van der Waals surface area contributed by atoms with Gasteiger partial charge in [0.25, 0.3) is 0 Å². The van der Waals surface area contributed by atoms with Crippen molar-refractivity contribution in [2.45, 2.75) is 105 Å². The molecular weight excluding hydrogens is 764 g/mol. The monoisotopic (exact) mass is 814 g/mol. The van der Waals surface area contributed by atoms with E-state index in [2.05, 4.69) is 0 Å². The van der Waals surface area contributed by atoms with E-state index < -0.39 is 123 Å². The molecule has 318 valence electrons. The van der Waals surface area contributed by atoms with Crippen LogP contribution in [0.15, 0.2) is 42.5 Å². The number of rotatable bonds is 15. The lowest BCUT2D eigenvalue weighted by atomic mass is 9.96. The molecule has 3 aliphatic heterocycles. The Morgan fingerprint density at radius 3 is 2.05 bits per heavy atom. The minimum Gasteiger partial charge on any atom is -0.504 e. The summed E-state index contributed by atoms with van der Waals surface area (Å²) >= 11 is 0. The number of carbonyl (C=O) groups is 1. The van der Waals surface area contributed by atoms with Crippen molar-refractivity contribution < 1.29 is 98.5 Å². The Kier molecular flexibility index (Phi) is 15.4. The summed E-state index contributed by atoms with van der Waals surface area (Å²) in [5, 5.41) is 104. The quantitative estimate of drug-likeness (QED) is 0.0501. The van der Waals surface area contributed by atoms with Crippen LogP contribution in [-0.2, 0) is 44.4 Å². The van der Waals surface area contributed by atoms with Gasteiger partial charge >= 0.3 is 5.97 Å². The maximum Gasteiger partial charge on any atom is 0.331 e. The third-order valence-electron chi connectivity index (χ3n) is 9.77. The number of carbonyl (C=O) groups excluding carboxylic acids is 1. The summed E-state index contributed by atoms with van der Waals surface area (Å²) in [6.45, 7) is -0.0838. The fourth-order valence-electron chi connectivity index (χ4n) is 6.45. The van der Waals surface area contributed by atoms with Crippen LogP contribution in [0.5, 0.6) is 23.0 Å². The maximum atomic E-state index is 13.4. The van der Waals surface area contributed by atoms with E-state index in [0.29, 0.717) is 11.5 Å². The second-order valence-electron chi connectivity index (χ2n) is 13.6. The highest BCUT2D eigenvalue weighted by atomic mass is 16.8. The lowest BCUT2D eigenvalue weighted by molar-refractivity contribution is -0.364. The van der Waals surface area contributed by atoms with Crippen LogP contribution < -0.4 is 9.47 Å². The van der Waals surface area contributed by atoms with Crippen LogP contribution in [0.2, 0.25) is 0 Å². The standard InChI is InChI=1S/C37H50O20/c1-16-26(42)28(44)31(47)37(53-16)57-34-32(48)36(51-11-10-18-5-8-21(49-2)22(13-18)50-3)55-24(15-52-35-30(46)29(45)27(43)23(14-38)54-35)33(34)56-25(41)9-6-17-4-7-19(39)20(40)12-17/h4-9,12-13,16,23-24,26-40,42-48H,10-11,14-15H2,1-3H3. The molecule has 3 fully saturated rings. The lowest BCUT2D eigenvalue weighted by Gasteiger charge is -2.47. The average Bonchev–Trinajstić information content (AvgIpc) is 3.20. The summed E-state index contributed by atoms with van der Waals surface area (Å²) in [6.07, 6.45) is -22.0. The van der Waals surface area contributed by atoms with Crippen LogP contribution in [0.25, 0.3) is 6.08 Å². The molecule has 10 N–H and O–H groups in total. The van der Waals surface area contributed by atoms with Crippen LogP contribution in [0.4, 0.5) is 0 Å². The SMILES string of the molecule is COc1ccc(CCOC2OC(COC3OC(CO)C(O)C(O)C3O)C(OC(=O)C=Cc3ccc(O)c(O)c3)C(OC3OC(C)C(O)C(O)C3O)C2O)cc1OC. The third-order valence-corrected chi connectivity index (χ3v) is 9.77. The van der Waals surface area contributed by atoms with Crippen LogP contribution >= 0.6 is 0 Å². The van der Waals surface area contributed by atoms with Crippen molar-refractivity contribution in [3.8, 4) is 23.0 Å². The van der Waals surface area contributed by atoms with Crippen molar-refractivity contribution in [3.05, 3.63) is 53.6 Å². The Hall–Kier alpha value is -3.71. The Bertz CT molecular complexity index is 1640. The van der Waals surface area contributed by atoms with E-state index in [1.54, 1.807) is 18.2 Å². The highest BCUT2D eigenvalue weighted by Gasteiger charge is 2.53. The van der Waals surface area contributed by atoms with Gasteiger partial charge in [-0.25, -0.2) is 4.79 Å². The summed E-state index contributed by atoms with van der Waals surface area (Å²) < 4.78 is 51.3. The second-order valence-corrected chi connectivity index (χ2v) is 13.6. The summed E-state index contributed by atoms with van der Waals surface area (Å²) in [5.74, 6) is -0.971. The van der Waals surface area contributed by atoms with E-state index in [1.165, 1.54) is 45.4 Å². The second kappa shape index (κ2) is 19.8. The summed E-state index contributed by atoms with van der Waals surface area (Å²) in [6, 6.07) is 8.92. The van der Waals surface area contributed by atoms with Gasteiger partial charge in [0.15, 0.2) is 48.0 Å². The molecule has 20 nitrogen and oxygen atoms in total. The molecule has 0 bridgehead atoms. The molecule has 2 aromatic rings. The largest absolute Gasteiger partial charge is 0.504 e. The number of phenols is 2. The molecule has 3 saturated heterocycles. The first-order valence-corrected chi connectivity index (χ1v) is 18.0. The van der Waals surface area contributed by atoms with E-state index >= 15 is 0 Å². The van der Waals surface area contributed by atoms with Gasteiger partial charge in [-0.2, -0.15) is 0 Å². The molecule has 0 amide bonds. The molecule has 3 heterocycles. The minimum atomic E-state index is -1.86. The number of ether oxygens (including phenoxy) is 9. The maximum absolute atomic E-state index is 13.4. The van der Waals surface area contributed by atoms with Crippen molar-refractivity contribution in [3.63, 3.8) is 0 Å². The zero-order valence-corrected chi connectivity index (χ0v) is 31.2. The number of phenolic OH excluding ortho intramolecular Hbond substituents is 2. The van der Waals surface area contributed by atoms with Gasteiger partial charge in [-0.1, -0.05) is 12.1 Å². The van der Waals surface area contributed by atoms with Crippen molar-refractivity contribution in [1.29, 1.82) is 0 Å². The molecular formula is C37H50O20. The van der Waals surface area contributed by atoms with Gasteiger partial charge in [-0.3, -0.25) is 0 Å². The first-order valence-electron chi connectivity index (χ1n) is 18.0. The number of aliphatic hydroxyl groups excluding tert-OH is 8. The predicted molar refractivity (Wildman–Crippen MR) is 190 cm³/mol. The van der Waals surface area contributed by atoms with Crippen LogP contribution in [0.3, 0.4) is 0 Å². The van der Waals surface area contributed by atoms with Crippen molar-refractivity contribution in [2.24, 2.45) is 0 Å². The number of aliphatic hydroxyl groups is 8. The Morgan fingerprint density at radius 2 is 1.37 bits per heavy atom. The molecule has 5 rings (SSSR count). The average molecular weight is 815 g/mol. The van der Waals surface area contributed by atoms with Crippen molar-refractivity contribution in [1.82, 2.24) is 0 Å². The molecule has 0 spiro atoms. The number of hydrogen-bond donors (Lipinski definition) is 10. The molecule has 0 radical (unpaired) electrons. The lowest BCUT2D eigenvalue weighted by Crippen LogP contribution is -2.65. The first-order chi connectivity index (χ1) is 27.2. The zero-order chi connectivity index (χ0) is 41.6. The van der Waals surface area contributed by atoms with E-state index in [1.807, 2.05) is 0 Å². The first kappa shape index (κ1) is 44.4. The predicted octanol–water partition coefficient (Wildman–Crippen LogP) is -2.59. The summed E-state index contributed by atoms with van der Waals surface area (Å²) in [7, 11) is 2.96. The van der Waals surface area contributed by atoms with Gasteiger partial charge in [-0.15, -0.1) is 0 Å². The van der Waals surface area contributed by atoms with Crippen LogP contribution in [0, 0.1) is 0 Å². The smallest absolute Gasteiger partial charge is 0.331 e. The van der Waals surface area contributed by atoms with Gasteiger partial charge in [-0.05, 0) is 54.8 Å². The van der Waals surface area contributed by atoms with E-state index in [9.17, 15) is 55.9 Å². The van der Waals surface area contributed by atoms with Gasteiger partial charge < -0.3 is 93.7 Å². The molecule has 57 heavy (non-hydrogen) atoms. The molecule has 2 aromatic carbocycles.